The van der Waals surface area contributed by atoms with Crippen LogP contribution in [0.3, 0.4) is 0 Å². The van der Waals surface area contributed by atoms with Gasteiger partial charge in [0.05, 0.1) is 7.11 Å². The molecule has 2 aliphatic carbocycles. The first-order chi connectivity index (χ1) is 6.24. The molecule has 0 fully saturated rings. The molecule has 0 aromatic heterocycles. The molecule has 0 atom stereocenters. The van der Waals surface area contributed by atoms with Gasteiger partial charge >= 0.3 is 0 Å². The van der Waals surface area contributed by atoms with Crippen molar-refractivity contribution in [1.82, 2.24) is 0 Å². The van der Waals surface area contributed by atoms with Crippen LogP contribution in [-0.4, -0.2) is 7.11 Å². The van der Waals surface area contributed by atoms with Gasteiger partial charge in [-0.3, -0.25) is 0 Å². The normalized spacial score (nSPS) is 21.9. The Kier molecular flexibility index (Phi) is 2.03. The van der Waals surface area contributed by atoms with Crippen molar-refractivity contribution >= 4 is 0 Å². The van der Waals surface area contributed by atoms with E-state index in [9.17, 15) is 0 Å². The van der Waals surface area contributed by atoms with Crippen LogP contribution in [0.4, 0.5) is 0 Å². The van der Waals surface area contributed by atoms with Gasteiger partial charge in [0.2, 0.25) is 0 Å². The molecule has 0 aromatic carbocycles. The van der Waals surface area contributed by atoms with Gasteiger partial charge in [-0.05, 0) is 44.3 Å². The first-order valence-corrected chi connectivity index (χ1v) is 4.87. The van der Waals surface area contributed by atoms with Crippen LogP contribution in [0.15, 0.2) is 34.1 Å². The SMILES string of the molecule is COC1=C(C)CC2=CCCC(C)=C21. The molecule has 2 aliphatic rings. The van der Waals surface area contributed by atoms with Gasteiger partial charge in [0.15, 0.2) is 0 Å². The summed E-state index contributed by atoms with van der Waals surface area (Å²) in [7, 11) is 1.77. The van der Waals surface area contributed by atoms with Crippen LogP contribution in [0.2, 0.25) is 0 Å². The highest BCUT2D eigenvalue weighted by atomic mass is 16.5. The maximum absolute atomic E-state index is 5.44. The highest BCUT2D eigenvalue weighted by molar-refractivity contribution is 5.57. The fourth-order valence-corrected chi connectivity index (χ4v) is 2.32. The number of rotatable bonds is 1. The summed E-state index contributed by atoms with van der Waals surface area (Å²) in [6, 6.07) is 0. The molecule has 0 bridgehead atoms. The Hall–Kier alpha value is -0.980. The predicted molar refractivity (Wildman–Crippen MR) is 54.3 cm³/mol. The summed E-state index contributed by atoms with van der Waals surface area (Å²) >= 11 is 0. The maximum Gasteiger partial charge on any atom is 0.125 e. The summed E-state index contributed by atoms with van der Waals surface area (Å²) in [5, 5.41) is 0. The fraction of sp³-hybridized carbons (Fsp3) is 0.500. The Morgan fingerprint density at radius 3 is 2.69 bits per heavy atom. The van der Waals surface area contributed by atoms with Crippen LogP contribution in [-0.2, 0) is 4.74 Å². The van der Waals surface area contributed by atoms with E-state index in [0.29, 0.717) is 0 Å². The van der Waals surface area contributed by atoms with Crippen molar-refractivity contribution < 1.29 is 4.74 Å². The molecule has 0 saturated carbocycles. The van der Waals surface area contributed by atoms with E-state index in [1.165, 1.54) is 35.1 Å². The van der Waals surface area contributed by atoms with E-state index >= 15 is 0 Å². The zero-order valence-electron chi connectivity index (χ0n) is 8.61. The minimum atomic E-state index is 1.09. The van der Waals surface area contributed by atoms with E-state index in [4.69, 9.17) is 4.74 Å². The van der Waals surface area contributed by atoms with Crippen molar-refractivity contribution in [2.45, 2.75) is 33.1 Å². The lowest BCUT2D eigenvalue weighted by Gasteiger charge is -2.15. The molecular weight excluding hydrogens is 160 g/mol. The standard InChI is InChI=1S/C12H16O/c1-8-5-4-6-10-7-9(2)12(13-3)11(8)10/h6H,4-5,7H2,1-3H3. The van der Waals surface area contributed by atoms with Gasteiger partial charge in [-0.2, -0.15) is 0 Å². The molecule has 0 N–H and O–H groups in total. The summed E-state index contributed by atoms with van der Waals surface area (Å²) in [5.41, 5.74) is 5.75. The van der Waals surface area contributed by atoms with Gasteiger partial charge in [0, 0.05) is 5.57 Å². The second-order valence-corrected chi connectivity index (χ2v) is 3.91. The Morgan fingerprint density at radius 2 is 2.00 bits per heavy atom. The lowest BCUT2D eigenvalue weighted by molar-refractivity contribution is 0.299. The summed E-state index contributed by atoms with van der Waals surface area (Å²) in [6.07, 6.45) is 5.85. The minimum Gasteiger partial charge on any atom is -0.496 e. The number of fused-ring (bicyclic) bond motifs is 1. The smallest absolute Gasteiger partial charge is 0.125 e. The van der Waals surface area contributed by atoms with Crippen LogP contribution in [0, 0.1) is 0 Å². The summed E-state index contributed by atoms with van der Waals surface area (Å²) in [6.45, 7) is 4.39. The lowest BCUT2D eigenvalue weighted by Crippen LogP contribution is -1.98. The van der Waals surface area contributed by atoms with Crippen LogP contribution < -0.4 is 0 Å². The molecule has 0 spiro atoms. The summed E-state index contributed by atoms with van der Waals surface area (Å²) in [5.74, 6) is 1.13. The highest BCUT2D eigenvalue weighted by Crippen LogP contribution is 2.41. The van der Waals surface area contributed by atoms with Crippen molar-refractivity contribution in [3.05, 3.63) is 34.1 Å². The largest absolute Gasteiger partial charge is 0.496 e. The third-order valence-electron chi connectivity index (χ3n) is 2.93. The second-order valence-electron chi connectivity index (χ2n) is 3.91. The van der Waals surface area contributed by atoms with Crippen LogP contribution in [0.25, 0.3) is 0 Å². The van der Waals surface area contributed by atoms with E-state index in [2.05, 4.69) is 19.9 Å². The van der Waals surface area contributed by atoms with E-state index < -0.39 is 0 Å². The number of methoxy groups -OCH3 is 1. The maximum atomic E-state index is 5.44. The number of hydrogen-bond donors (Lipinski definition) is 0. The Labute approximate surface area is 79.8 Å². The molecule has 0 aliphatic heterocycles. The van der Waals surface area contributed by atoms with Crippen LogP contribution in [0.5, 0.6) is 0 Å². The molecule has 70 valence electrons. The number of ether oxygens (including phenoxy) is 1. The van der Waals surface area contributed by atoms with Gasteiger partial charge in [-0.1, -0.05) is 11.6 Å². The van der Waals surface area contributed by atoms with Gasteiger partial charge in [0.1, 0.15) is 5.76 Å². The third-order valence-corrected chi connectivity index (χ3v) is 2.93. The quantitative estimate of drug-likeness (QED) is 0.595. The van der Waals surface area contributed by atoms with Crippen molar-refractivity contribution in [1.29, 1.82) is 0 Å². The first kappa shape index (κ1) is 8.61. The average molecular weight is 176 g/mol. The van der Waals surface area contributed by atoms with E-state index in [0.717, 1.165) is 12.2 Å². The average Bonchev–Trinajstić information content (AvgIpc) is 2.42. The molecule has 1 heteroatoms. The van der Waals surface area contributed by atoms with Crippen molar-refractivity contribution in [2.75, 3.05) is 7.11 Å². The monoisotopic (exact) mass is 176 g/mol. The van der Waals surface area contributed by atoms with Crippen LogP contribution >= 0.6 is 0 Å². The Bertz CT molecular complexity index is 329. The lowest BCUT2D eigenvalue weighted by atomic mass is 9.93. The molecule has 0 amide bonds. The van der Waals surface area contributed by atoms with Crippen LogP contribution in [0.1, 0.15) is 33.1 Å². The summed E-state index contributed by atoms with van der Waals surface area (Å²) in [4.78, 5) is 0. The van der Waals surface area contributed by atoms with E-state index in [-0.39, 0.29) is 0 Å². The molecule has 0 aromatic rings. The highest BCUT2D eigenvalue weighted by Gasteiger charge is 2.25. The van der Waals surface area contributed by atoms with Gasteiger partial charge in [-0.15, -0.1) is 0 Å². The Morgan fingerprint density at radius 1 is 1.23 bits per heavy atom. The zero-order valence-corrected chi connectivity index (χ0v) is 8.61. The van der Waals surface area contributed by atoms with Crippen molar-refractivity contribution in [2.24, 2.45) is 0 Å². The van der Waals surface area contributed by atoms with Crippen molar-refractivity contribution in [3.8, 4) is 0 Å². The van der Waals surface area contributed by atoms with E-state index in [1.807, 2.05) is 0 Å². The van der Waals surface area contributed by atoms with Gasteiger partial charge in [-0.25, -0.2) is 0 Å². The van der Waals surface area contributed by atoms with Gasteiger partial charge < -0.3 is 4.74 Å². The number of hydrogen-bond acceptors (Lipinski definition) is 1. The molecule has 0 radical (unpaired) electrons. The first-order valence-electron chi connectivity index (χ1n) is 4.87. The molecule has 2 rings (SSSR count). The zero-order chi connectivity index (χ0) is 9.42. The molecule has 13 heavy (non-hydrogen) atoms. The van der Waals surface area contributed by atoms with Crippen molar-refractivity contribution in [3.63, 3.8) is 0 Å². The third kappa shape index (κ3) is 1.23. The van der Waals surface area contributed by atoms with Gasteiger partial charge in [0.25, 0.3) is 0 Å². The molecular formula is C12H16O. The Balaban J connectivity index is 2.49. The molecule has 0 unspecified atom stereocenters. The molecule has 1 nitrogen and oxygen atoms in total. The second kappa shape index (κ2) is 3.06. The predicted octanol–water partition coefficient (Wildman–Crippen LogP) is 3.35. The number of allylic oxidation sites excluding steroid dienone is 4. The molecule has 0 saturated heterocycles. The minimum absolute atomic E-state index is 1.09. The molecule has 0 heterocycles. The topological polar surface area (TPSA) is 9.23 Å². The summed E-state index contributed by atoms with van der Waals surface area (Å²) < 4.78 is 5.44. The fourth-order valence-electron chi connectivity index (χ4n) is 2.32. The van der Waals surface area contributed by atoms with E-state index in [1.54, 1.807) is 7.11 Å².